The average Bonchev–Trinajstić information content (AvgIpc) is 2.15. The zero-order valence-electron chi connectivity index (χ0n) is 6.37. The van der Waals surface area contributed by atoms with Crippen molar-refractivity contribution in [1.82, 2.24) is 8.81 Å². The normalized spacial score (nSPS) is 10.6. The first-order chi connectivity index (χ1) is 6.20. The number of halogens is 2. The van der Waals surface area contributed by atoms with Crippen molar-refractivity contribution < 1.29 is 0 Å². The number of hydrogen-bond acceptors (Lipinski definition) is 2. The van der Waals surface area contributed by atoms with E-state index in [1.54, 1.807) is 18.2 Å². The van der Waals surface area contributed by atoms with E-state index in [1.165, 1.54) is 0 Å². The van der Waals surface area contributed by atoms with Gasteiger partial charge >= 0.3 is 0 Å². The second-order valence-corrected chi connectivity index (χ2v) is 3.53. The number of aromatic nitrogens is 2. The smallest absolute Gasteiger partial charge is 0.266 e. The molecule has 66 valence electrons. The molecule has 0 fully saturated rings. The molecule has 0 amide bonds. The van der Waals surface area contributed by atoms with E-state index in [0.717, 1.165) is 3.71 Å². The second-order valence-electron chi connectivity index (χ2n) is 2.50. The van der Waals surface area contributed by atoms with Crippen LogP contribution in [-0.2, 0) is 0 Å². The Morgan fingerprint density at radius 3 is 2.62 bits per heavy atom. The zero-order valence-corrected chi connectivity index (χ0v) is 8.71. The molecule has 2 aromatic rings. The number of benzene rings is 1. The lowest BCUT2D eigenvalue weighted by molar-refractivity contribution is 0.957. The Morgan fingerprint density at radius 2 is 1.92 bits per heavy atom. The molecule has 0 radical (unpaired) electrons. The van der Waals surface area contributed by atoms with Gasteiger partial charge in [-0.1, -0.05) is 29.8 Å². The van der Waals surface area contributed by atoms with Crippen LogP contribution in [0.4, 0.5) is 0 Å². The highest BCUT2D eigenvalue weighted by molar-refractivity contribution is 9.08. The molecule has 0 aliphatic carbocycles. The highest BCUT2D eigenvalue weighted by atomic mass is 79.9. The SMILES string of the molecule is O=c1c2ccccc2c(Cl)nn1Br. The standard InChI is InChI=1S/C8H4BrClN2O/c9-12-8(13)6-4-2-1-3-5(6)7(10)11-12/h1-4H. The van der Waals surface area contributed by atoms with Gasteiger partial charge in [-0.3, -0.25) is 4.79 Å². The van der Waals surface area contributed by atoms with Gasteiger partial charge in [-0.25, -0.2) is 0 Å². The minimum atomic E-state index is -0.208. The third kappa shape index (κ3) is 1.36. The average molecular weight is 259 g/mol. The second kappa shape index (κ2) is 3.12. The van der Waals surface area contributed by atoms with E-state index < -0.39 is 0 Å². The van der Waals surface area contributed by atoms with Gasteiger partial charge in [0.25, 0.3) is 5.56 Å². The third-order valence-electron chi connectivity index (χ3n) is 1.72. The molecule has 0 bridgehead atoms. The highest BCUT2D eigenvalue weighted by Crippen LogP contribution is 2.17. The Morgan fingerprint density at radius 1 is 1.31 bits per heavy atom. The highest BCUT2D eigenvalue weighted by Gasteiger charge is 2.05. The predicted molar refractivity (Wildman–Crippen MR) is 55.3 cm³/mol. The van der Waals surface area contributed by atoms with Crippen molar-refractivity contribution in [2.24, 2.45) is 0 Å². The molecule has 0 N–H and O–H groups in total. The molecule has 3 nitrogen and oxygen atoms in total. The van der Waals surface area contributed by atoms with Gasteiger partial charge in [0, 0.05) is 5.39 Å². The van der Waals surface area contributed by atoms with Gasteiger partial charge in [0.1, 0.15) is 0 Å². The summed E-state index contributed by atoms with van der Waals surface area (Å²) in [7, 11) is 0. The predicted octanol–water partition coefficient (Wildman–Crippen LogP) is 2.21. The van der Waals surface area contributed by atoms with Crippen LogP contribution in [0.3, 0.4) is 0 Å². The first kappa shape index (κ1) is 8.72. The molecule has 1 aromatic heterocycles. The maximum Gasteiger partial charge on any atom is 0.285 e. The molecule has 0 saturated heterocycles. The largest absolute Gasteiger partial charge is 0.285 e. The summed E-state index contributed by atoms with van der Waals surface area (Å²) in [5, 5.41) is 5.33. The molecule has 2 rings (SSSR count). The van der Waals surface area contributed by atoms with Crippen LogP contribution in [-0.4, -0.2) is 8.81 Å². The molecule has 0 spiro atoms. The van der Waals surface area contributed by atoms with Crippen LogP contribution in [0.25, 0.3) is 10.8 Å². The fourth-order valence-electron chi connectivity index (χ4n) is 1.13. The van der Waals surface area contributed by atoms with Crippen molar-refractivity contribution in [3.63, 3.8) is 0 Å². The molecular formula is C8H4BrClN2O. The molecule has 1 aromatic carbocycles. The summed E-state index contributed by atoms with van der Waals surface area (Å²) in [6.07, 6.45) is 0. The topological polar surface area (TPSA) is 34.9 Å². The summed E-state index contributed by atoms with van der Waals surface area (Å²) in [5.41, 5.74) is -0.208. The van der Waals surface area contributed by atoms with E-state index in [1.807, 2.05) is 6.07 Å². The van der Waals surface area contributed by atoms with E-state index in [0.29, 0.717) is 15.9 Å². The van der Waals surface area contributed by atoms with Crippen LogP contribution in [0.5, 0.6) is 0 Å². The van der Waals surface area contributed by atoms with Crippen LogP contribution in [0, 0.1) is 0 Å². The van der Waals surface area contributed by atoms with E-state index in [-0.39, 0.29) is 5.56 Å². The molecule has 5 heteroatoms. The molecule has 13 heavy (non-hydrogen) atoms. The third-order valence-corrected chi connectivity index (χ3v) is 2.48. The number of nitrogens with zero attached hydrogens (tertiary/aromatic N) is 2. The lowest BCUT2D eigenvalue weighted by atomic mass is 10.2. The monoisotopic (exact) mass is 258 g/mol. The van der Waals surface area contributed by atoms with Gasteiger partial charge in [0.15, 0.2) is 5.15 Å². The molecule has 0 atom stereocenters. The van der Waals surface area contributed by atoms with Crippen LogP contribution in [0.15, 0.2) is 29.1 Å². The summed E-state index contributed by atoms with van der Waals surface area (Å²) in [6.45, 7) is 0. The van der Waals surface area contributed by atoms with Gasteiger partial charge < -0.3 is 0 Å². The fraction of sp³-hybridized carbons (Fsp3) is 0. The van der Waals surface area contributed by atoms with Gasteiger partial charge in [-0.2, -0.15) is 3.71 Å². The number of fused-ring (bicyclic) bond motifs is 1. The fourth-order valence-corrected chi connectivity index (χ4v) is 1.81. The molecule has 0 aliphatic heterocycles. The minimum Gasteiger partial charge on any atom is -0.266 e. The summed E-state index contributed by atoms with van der Waals surface area (Å²) in [6, 6.07) is 7.07. The van der Waals surface area contributed by atoms with Crippen molar-refractivity contribution in [2.75, 3.05) is 0 Å². The summed E-state index contributed by atoms with van der Waals surface area (Å²) >= 11 is 8.81. The van der Waals surface area contributed by atoms with Gasteiger partial charge in [0.2, 0.25) is 0 Å². The Kier molecular flexibility index (Phi) is 2.09. The summed E-state index contributed by atoms with van der Waals surface area (Å²) < 4.78 is 1.05. The first-order valence-corrected chi connectivity index (χ1v) is 4.62. The van der Waals surface area contributed by atoms with E-state index >= 15 is 0 Å². The van der Waals surface area contributed by atoms with E-state index in [4.69, 9.17) is 11.6 Å². The summed E-state index contributed by atoms with van der Waals surface area (Å²) in [5.74, 6) is 0. The zero-order chi connectivity index (χ0) is 9.42. The Balaban J connectivity index is 3.06. The van der Waals surface area contributed by atoms with Crippen LogP contribution in [0.2, 0.25) is 5.15 Å². The van der Waals surface area contributed by atoms with E-state index in [9.17, 15) is 4.79 Å². The maximum atomic E-state index is 11.5. The van der Waals surface area contributed by atoms with Crippen LogP contribution < -0.4 is 5.56 Å². The van der Waals surface area contributed by atoms with Crippen LogP contribution in [0.1, 0.15) is 0 Å². The van der Waals surface area contributed by atoms with Crippen molar-refractivity contribution in [1.29, 1.82) is 0 Å². The number of hydrogen-bond donors (Lipinski definition) is 0. The molecule has 0 aliphatic rings. The molecule has 0 saturated carbocycles. The van der Waals surface area contributed by atoms with Gasteiger partial charge in [0.05, 0.1) is 21.5 Å². The number of rotatable bonds is 0. The lowest BCUT2D eigenvalue weighted by Gasteiger charge is -1.99. The van der Waals surface area contributed by atoms with Crippen molar-refractivity contribution in [2.45, 2.75) is 0 Å². The summed E-state index contributed by atoms with van der Waals surface area (Å²) in [4.78, 5) is 11.5. The van der Waals surface area contributed by atoms with Gasteiger partial charge in [-0.05, 0) is 6.07 Å². The van der Waals surface area contributed by atoms with Crippen molar-refractivity contribution in [3.05, 3.63) is 39.8 Å². The minimum absolute atomic E-state index is 0.208. The Hall–Kier alpha value is -0.870. The molecule has 1 heterocycles. The van der Waals surface area contributed by atoms with Crippen LogP contribution >= 0.6 is 27.7 Å². The van der Waals surface area contributed by atoms with Crippen molar-refractivity contribution in [3.8, 4) is 0 Å². The van der Waals surface area contributed by atoms with Crippen molar-refractivity contribution >= 4 is 38.5 Å². The lowest BCUT2D eigenvalue weighted by Crippen LogP contribution is -2.15. The van der Waals surface area contributed by atoms with E-state index in [2.05, 4.69) is 21.2 Å². The quantitative estimate of drug-likeness (QED) is 0.727. The molecule has 0 unspecified atom stereocenters. The van der Waals surface area contributed by atoms with Gasteiger partial charge in [-0.15, -0.1) is 5.10 Å². The molecular weight excluding hydrogens is 255 g/mol. The maximum absolute atomic E-state index is 11.5. The Bertz CT molecular complexity index is 523. The Labute approximate surface area is 87.3 Å². The first-order valence-electron chi connectivity index (χ1n) is 3.54.